The van der Waals surface area contributed by atoms with Gasteiger partial charge in [-0.1, -0.05) is 103 Å². The number of ketones is 3. The number of nitrogens with two attached hydrogens (primary N) is 1. The van der Waals surface area contributed by atoms with Crippen molar-refractivity contribution < 1.29 is 51.4 Å². The number of amides is 2. The van der Waals surface area contributed by atoms with E-state index in [-0.39, 0.29) is 85.3 Å². The maximum absolute atomic E-state index is 15.2. The van der Waals surface area contributed by atoms with E-state index >= 15 is 13.2 Å². The molecule has 3 aliphatic carbocycles. The van der Waals surface area contributed by atoms with Crippen molar-refractivity contribution in [3.8, 4) is 35.3 Å². The number of ether oxygens (including phenoxy) is 3. The third kappa shape index (κ3) is 26.6. The molecular formula is C103H106ClF3N14O8. The summed E-state index contributed by atoms with van der Waals surface area (Å²) in [7, 11) is 0. The van der Waals surface area contributed by atoms with Gasteiger partial charge >= 0.3 is 12.2 Å². The third-order valence-electron chi connectivity index (χ3n) is 21.8. The molecule has 0 spiro atoms. The summed E-state index contributed by atoms with van der Waals surface area (Å²) in [4.78, 5) is 65.2. The first-order chi connectivity index (χ1) is 61.4. The van der Waals surface area contributed by atoms with Gasteiger partial charge < -0.3 is 41.2 Å². The van der Waals surface area contributed by atoms with E-state index in [1.165, 1.54) is 43.9 Å². The number of carbonyl (C=O) groups is 5. The standard InChI is InChI=1S/C36H38FN5O3.C36H37FN4O4.C31H30FN5O.ClH/c1-23-15-32(42(41-23)30-10-6-8-26(17-30)22-40-35(44)45-36(2,3)4)33(43)19-29-18-28(13-14-31(29)37)34(39-21-24-11-12-24)27-9-5-7-25(16-27)20-38;1-23-15-32(41(40-23)30-10-6-8-26(17-30)21-39-35(43)45-36(2,3)4)33(42)19-29-18-28(13-14-31(29)37)34(44-22-24-11-12-24)27-9-5-7-25(16-27)20-38;1-20-12-29(37(36-20)27-7-3-5-23(14-27)18-34)30(38)16-26-15-25(10-11-28(26)32)31(35-19-21-8-9-21)24-6-2-4-22(13-24)17-33;/h5-10,13-18,24,34,39H,11-12,19,21-22H2,1-4H3,(H,40,44);5-10,13-18,24,34H,11-12,19,21-22H2,1-4H3,(H,39,43);2-7,10-15,21,31,35H,8-9,16,18-19,34H2,1H3;1H. The summed E-state index contributed by atoms with van der Waals surface area (Å²) in [5.74, 6) is -0.432. The Labute approximate surface area is 756 Å². The first-order valence-electron chi connectivity index (χ1n) is 43.1. The number of halogens is 4. The summed E-state index contributed by atoms with van der Waals surface area (Å²) in [5.41, 5.74) is 19.7. The lowest BCUT2D eigenvalue weighted by molar-refractivity contribution is 0.0512. The lowest BCUT2D eigenvalue weighted by Gasteiger charge is -2.21. The van der Waals surface area contributed by atoms with Crippen molar-refractivity contribution in [1.29, 1.82) is 15.8 Å². The van der Waals surface area contributed by atoms with E-state index in [0.29, 0.717) is 104 Å². The molecule has 0 bridgehead atoms. The molecule has 0 aliphatic heterocycles. The topological polar surface area (TPSA) is 312 Å². The van der Waals surface area contributed by atoms with E-state index in [0.717, 1.165) is 76.1 Å². The Morgan fingerprint density at radius 1 is 0.426 bits per heavy atom. The van der Waals surface area contributed by atoms with E-state index in [9.17, 15) is 39.8 Å². The smallest absolute Gasteiger partial charge is 0.407 e. The number of hydrogen-bond donors (Lipinski definition) is 5. The predicted octanol–water partition coefficient (Wildman–Crippen LogP) is 19.5. The maximum Gasteiger partial charge on any atom is 0.407 e. The van der Waals surface area contributed by atoms with Crippen LogP contribution in [0.25, 0.3) is 17.1 Å². The highest BCUT2D eigenvalue weighted by Gasteiger charge is 2.31. The average Bonchev–Trinajstić information content (AvgIpc) is 1.20. The summed E-state index contributed by atoms with van der Waals surface area (Å²) in [6.07, 6.45) is 4.99. The number of carbonyl (C=O) groups excluding carboxylic acids is 5. The molecular weight excluding hydrogens is 1650 g/mol. The van der Waals surface area contributed by atoms with Crippen LogP contribution in [-0.4, -0.2) is 89.8 Å². The van der Waals surface area contributed by atoms with Crippen molar-refractivity contribution in [3.63, 3.8) is 0 Å². The first kappa shape index (κ1) is 94.7. The largest absolute Gasteiger partial charge is 0.444 e. The molecule has 3 heterocycles. The van der Waals surface area contributed by atoms with Crippen LogP contribution in [0.15, 0.2) is 218 Å². The number of nitrogens with one attached hydrogen (secondary N) is 4. The van der Waals surface area contributed by atoms with E-state index in [1.54, 1.807) is 154 Å². The molecule has 3 unspecified atom stereocenters. The van der Waals surface area contributed by atoms with Crippen molar-refractivity contribution in [3.05, 3.63) is 353 Å². The maximum atomic E-state index is 15.2. The highest BCUT2D eigenvalue weighted by atomic mass is 35.5. The van der Waals surface area contributed by atoms with Crippen LogP contribution < -0.4 is 27.0 Å². The van der Waals surface area contributed by atoms with Crippen LogP contribution in [0.3, 0.4) is 0 Å². The van der Waals surface area contributed by atoms with Crippen LogP contribution in [0.2, 0.25) is 0 Å². The lowest BCUT2D eigenvalue weighted by atomic mass is 9.94. The van der Waals surface area contributed by atoms with Gasteiger partial charge in [0, 0.05) is 38.9 Å². The molecule has 2 amide bonds. The van der Waals surface area contributed by atoms with Gasteiger partial charge in [-0.3, -0.25) is 14.4 Å². The molecule has 3 aromatic heterocycles. The molecule has 26 heteroatoms. The molecule has 3 fully saturated rings. The molecule has 0 saturated heterocycles. The van der Waals surface area contributed by atoms with Crippen LogP contribution >= 0.6 is 12.4 Å². The monoisotopic (exact) mass is 1760 g/mol. The van der Waals surface area contributed by atoms with Gasteiger partial charge in [0.05, 0.1) is 87.7 Å². The number of benzene rings is 9. The highest BCUT2D eigenvalue weighted by molar-refractivity contribution is 5.98. The summed E-state index contributed by atoms with van der Waals surface area (Å²) in [5, 5.41) is 54.6. The molecule has 15 rings (SSSR count). The van der Waals surface area contributed by atoms with E-state index in [4.69, 9.17) is 19.9 Å². The zero-order chi connectivity index (χ0) is 90.9. The minimum Gasteiger partial charge on any atom is -0.444 e. The van der Waals surface area contributed by atoms with Gasteiger partial charge in [-0.25, -0.2) is 36.8 Å². The Hall–Kier alpha value is -13.5. The zero-order valence-electron chi connectivity index (χ0n) is 73.8. The molecule has 3 saturated carbocycles. The minimum atomic E-state index is -0.611. The second-order valence-corrected chi connectivity index (χ2v) is 35.0. The summed E-state index contributed by atoms with van der Waals surface area (Å²) in [6.45, 7) is 19.3. The van der Waals surface area contributed by atoms with E-state index < -0.39 is 46.9 Å². The fourth-order valence-corrected chi connectivity index (χ4v) is 14.9. The van der Waals surface area contributed by atoms with Crippen LogP contribution in [0.5, 0.6) is 0 Å². The van der Waals surface area contributed by atoms with Crippen LogP contribution in [0, 0.1) is 90.0 Å². The number of nitrogens with zero attached hydrogens (tertiary/aromatic N) is 9. The summed E-state index contributed by atoms with van der Waals surface area (Å²) in [6, 6.07) is 70.0. The molecule has 22 nitrogen and oxygen atoms in total. The number of hydrogen-bond acceptors (Lipinski definition) is 17. The Morgan fingerprint density at radius 3 is 1.10 bits per heavy atom. The number of nitriles is 3. The normalized spacial score (nSPS) is 13.5. The quantitative estimate of drug-likeness (QED) is 0.0245. The Bertz CT molecular complexity index is 5940. The molecule has 129 heavy (non-hydrogen) atoms. The molecule has 3 atom stereocenters. The van der Waals surface area contributed by atoms with Crippen molar-refractivity contribution in [2.24, 2.45) is 23.5 Å². The van der Waals surface area contributed by atoms with Crippen LogP contribution in [0.1, 0.15) is 230 Å². The van der Waals surface area contributed by atoms with Gasteiger partial charge in [0.2, 0.25) is 0 Å². The zero-order valence-corrected chi connectivity index (χ0v) is 74.6. The van der Waals surface area contributed by atoms with Gasteiger partial charge in [-0.15, -0.1) is 12.4 Å². The van der Waals surface area contributed by atoms with E-state index in [1.807, 2.05) is 122 Å². The average molecular weight is 1760 g/mol. The van der Waals surface area contributed by atoms with E-state index in [2.05, 4.69) is 54.8 Å². The first-order valence-corrected chi connectivity index (χ1v) is 43.1. The molecule has 664 valence electrons. The van der Waals surface area contributed by atoms with Gasteiger partial charge in [0.25, 0.3) is 0 Å². The minimum absolute atomic E-state index is 0. The third-order valence-corrected chi connectivity index (χ3v) is 21.8. The number of Topliss-reactive ketones (excluding diaryl/α,β-unsaturated/α-hetero) is 3. The van der Waals surface area contributed by atoms with Gasteiger partial charge in [-0.05, 0) is 314 Å². The molecule has 12 aromatic rings. The Balaban J connectivity index is 0.000000175. The SMILES string of the molecule is Cc1cc(C(=O)Cc2cc(C(NCC3CC3)c3cccc(C#N)c3)ccc2F)n(-c2cccc(CN)c2)n1.Cc1cc(C(=O)Cc2cc(C(NCC3CC3)c3cccc(C#N)c3)ccc2F)n(-c2cccc(CNC(=O)OC(C)(C)C)c2)n1.Cc1cc(C(=O)Cc2cc(C(OCC3CC3)c3cccc(C#N)c3)ccc2F)n(-c2cccc(CNC(=O)OC(C)(C)C)c2)n1.Cl. The van der Waals surface area contributed by atoms with Gasteiger partial charge in [-0.2, -0.15) is 31.1 Å². The number of rotatable bonds is 32. The molecule has 3 aliphatic rings. The van der Waals surface area contributed by atoms with Crippen molar-refractivity contribution in [2.75, 3.05) is 19.7 Å². The van der Waals surface area contributed by atoms with Crippen LogP contribution in [-0.2, 0) is 53.1 Å². The summed E-state index contributed by atoms with van der Waals surface area (Å²) < 4.78 is 67.1. The summed E-state index contributed by atoms with van der Waals surface area (Å²) >= 11 is 0. The lowest BCUT2D eigenvalue weighted by Crippen LogP contribution is -2.32. The Kier molecular flexibility index (Phi) is 31.5. The number of alkyl carbamates (subject to hydrolysis) is 2. The van der Waals surface area contributed by atoms with Gasteiger partial charge in [0.15, 0.2) is 17.3 Å². The van der Waals surface area contributed by atoms with Crippen molar-refractivity contribution in [1.82, 2.24) is 50.6 Å². The molecule has 6 N–H and O–H groups in total. The highest BCUT2D eigenvalue weighted by Crippen LogP contribution is 2.37. The number of aromatic nitrogens is 6. The molecule has 9 aromatic carbocycles. The Morgan fingerprint density at radius 2 is 0.744 bits per heavy atom. The second-order valence-electron chi connectivity index (χ2n) is 35.0. The number of aryl methyl sites for hydroxylation is 3. The van der Waals surface area contributed by atoms with Crippen molar-refractivity contribution >= 4 is 41.9 Å². The second kappa shape index (κ2) is 42.9. The van der Waals surface area contributed by atoms with Crippen molar-refractivity contribution in [2.45, 2.75) is 169 Å². The fraction of sp³-hybridized carbons (Fsp3) is 0.311. The fourth-order valence-electron chi connectivity index (χ4n) is 14.9. The van der Waals surface area contributed by atoms with Gasteiger partial charge in [0.1, 0.15) is 51.8 Å². The predicted molar refractivity (Wildman–Crippen MR) is 489 cm³/mol. The van der Waals surface area contributed by atoms with Crippen LogP contribution in [0.4, 0.5) is 22.8 Å². The molecule has 0 radical (unpaired) electrons.